The van der Waals surface area contributed by atoms with Crippen LogP contribution in [0.3, 0.4) is 0 Å². The fraction of sp³-hybridized carbons (Fsp3) is 0.0588. The molecule has 0 unspecified atom stereocenters. The van der Waals surface area contributed by atoms with Crippen LogP contribution in [0.1, 0.15) is 10.4 Å². The number of H-pyrrole nitrogens is 1. The zero-order valence-electron chi connectivity index (χ0n) is 11.8. The van der Waals surface area contributed by atoms with E-state index in [9.17, 15) is 4.79 Å². The lowest BCUT2D eigenvalue weighted by Gasteiger charge is -2.00. The van der Waals surface area contributed by atoms with Gasteiger partial charge in [-0.05, 0) is 24.3 Å². The Morgan fingerprint density at radius 1 is 1.18 bits per heavy atom. The summed E-state index contributed by atoms with van der Waals surface area (Å²) in [7, 11) is 1.38. The molecule has 0 spiro atoms. The number of methoxy groups -OCH3 is 1. The van der Waals surface area contributed by atoms with Gasteiger partial charge >= 0.3 is 5.97 Å². The third kappa shape index (κ3) is 1.90. The SMILES string of the molecule is COC(=O)c1ccc2[nH]nc(-c3csc4ccccc34)c2c1. The largest absolute Gasteiger partial charge is 0.465 e. The summed E-state index contributed by atoms with van der Waals surface area (Å²) in [5.74, 6) is -0.343. The molecule has 4 nitrogen and oxygen atoms in total. The van der Waals surface area contributed by atoms with Crippen molar-refractivity contribution >= 4 is 38.3 Å². The third-order valence-corrected chi connectivity index (χ3v) is 4.68. The van der Waals surface area contributed by atoms with Crippen LogP contribution in [-0.4, -0.2) is 23.3 Å². The number of thiophene rings is 1. The van der Waals surface area contributed by atoms with Crippen molar-refractivity contribution in [1.29, 1.82) is 0 Å². The molecule has 0 aliphatic carbocycles. The highest BCUT2D eigenvalue weighted by atomic mass is 32.1. The second-order valence-corrected chi connectivity index (χ2v) is 5.88. The first-order chi connectivity index (χ1) is 10.8. The van der Waals surface area contributed by atoms with E-state index in [1.165, 1.54) is 17.2 Å². The van der Waals surface area contributed by atoms with E-state index in [4.69, 9.17) is 4.74 Å². The molecule has 0 bridgehead atoms. The molecule has 108 valence electrons. The molecule has 5 heteroatoms. The topological polar surface area (TPSA) is 55.0 Å². The van der Waals surface area contributed by atoms with Crippen LogP contribution in [0.15, 0.2) is 47.8 Å². The summed E-state index contributed by atoms with van der Waals surface area (Å²) < 4.78 is 6.02. The van der Waals surface area contributed by atoms with Gasteiger partial charge in [0.15, 0.2) is 0 Å². The highest BCUT2D eigenvalue weighted by Crippen LogP contribution is 2.36. The van der Waals surface area contributed by atoms with E-state index in [1.807, 2.05) is 24.3 Å². The van der Waals surface area contributed by atoms with E-state index in [0.717, 1.165) is 22.2 Å². The number of rotatable bonds is 2. The molecule has 0 amide bonds. The van der Waals surface area contributed by atoms with Crippen molar-refractivity contribution in [2.75, 3.05) is 7.11 Å². The summed E-state index contributed by atoms with van der Waals surface area (Å²) in [6, 6.07) is 13.7. The summed E-state index contributed by atoms with van der Waals surface area (Å²) in [4.78, 5) is 11.7. The predicted octanol–water partition coefficient (Wildman–Crippen LogP) is 4.23. The minimum absolute atomic E-state index is 0.343. The monoisotopic (exact) mass is 308 g/mol. The molecule has 2 heterocycles. The molecule has 0 aliphatic heterocycles. The number of esters is 1. The van der Waals surface area contributed by atoms with E-state index in [2.05, 4.69) is 27.7 Å². The fourth-order valence-corrected chi connectivity index (χ4v) is 3.57. The highest BCUT2D eigenvalue weighted by molar-refractivity contribution is 7.17. The summed E-state index contributed by atoms with van der Waals surface area (Å²) in [5, 5.41) is 11.7. The molecule has 4 rings (SSSR count). The van der Waals surface area contributed by atoms with Gasteiger partial charge in [0.2, 0.25) is 0 Å². The molecule has 2 aromatic carbocycles. The van der Waals surface area contributed by atoms with Gasteiger partial charge in [0.25, 0.3) is 0 Å². The Morgan fingerprint density at radius 3 is 2.91 bits per heavy atom. The van der Waals surface area contributed by atoms with Crippen molar-refractivity contribution in [1.82, 2.24) is 10.2 Å². The summed E-state index contributed by atoms with van der Waals surface area (Å²) in [6.45, 7) is 0. The zero-order chi connectivity index (χ0) is 15.1. The summed E-state index contributed by atoms with van der Waals surface area (Å²) >= 11 is 1.69. The van der Waals surface area contributed by atoms with Crippen molar-refractivity contribution in [2.24, 2.45) is 0 Å². The number of carbonyl (C=O) groups excluding carboxylic acids is 1. The maximum absolute atomic E-state index is 11.7. The lowest BCUT2D eigenvalue weighted by atomic mass is 10.0. The summed E-state index contributed by atoms with van der Waals surface area (Å²) in [5.41, 5.74) is 3.36. The Hall–Kier alpha value is -2.66. The molecular weight excluding hydrogens is 296 g/mol. The number of aromatic nitrogens is 2. The van der Waals surface area contributed by atoms with Gasteiger partial charge in [-0.25, -0.2) is 4.79 Å². The van der Waals surface area contributed by atoms with Crippen LogP contribution in [0.25, 0.3) is 32.2 Å². The Bertz CT molecular complexity index is 1000. The van der Waals surface area contributed by atoms with Crippen LogP contribution >= 0.6 is 11.3 Å². The number of benzene rings is 2. The van der Waals surface area contributed by atoms with E-state index < -0.39 is 0 Å². The average Bonchev–Trinajstić information content (AvgIpc) is 3.16. The van der Waals surface area contributed by atoms with Crippen LogP contribution in [0.2, 0.25) is 0 Å². The lowest BCUT2D eigenvalue weighted by Crippen LogP contribution is -2.00. The van der Waals surface area contributed by atoms with Crippen LogP contribution < -0.4 is 0 Å². The van der Waals surface area contributed by atoms with E-state index in [-0.39, 0.29) is 5.97 Å². The first-order valence-electron chi connectivity index (χ1n) is 6.81. The molecule has 1 N–H and O–H groups in total. The number of hydrogen-bond acceptors (Lipinski definition) is 4. The molecule has 0 saturated heterocycles. The quantitative estimate of drug-likeness (QED) is 0.564. The van der Waals surface area contributed by atoms with Gasteiger partial charge in [0, 0.05) is 26.4 Å². The first-order valence-corrected chi connectivity index (χ1v) is 7.69. The first kappa shape index (κ1) is 13.0. The molecule has 4 aromatic rings. The molecular formula is C17H12N2O2S. The number of nitrogens with one attached hydrogen (secondary N) is 1. The maximum Gasteiger partial charge on any atom is 0.337 e. The number of ether oxygens (including phenoxy) is 1. The molecule has 0 atom stereocenters. The molecule has 2 aromatic heterocycles. The van der Waals surface area contributed by atoms with Gasteiger partial charge in [0.05, 0.1) is 18.2 Å². The van der Waals surface area contributed by atoms with E-state index >= 15 is 0 Å². The lowest BCUT2D eigenvalue weighted by molar-refractivity contribution is 0.0601. The van der Waals surface area contributed by atoms with Crippen LogP contribution in [0, 0.1) is 0 Å². The third-order valence-electron chi connectivity index (χ3n) is 3.72. The van der Waals surface area contributed by atoms with Crippen LogP contribution in [0.5, 0.6) is 0 Å². The smallest absolute Gasteiger partial charge is 0.337 e. The normalized spacial score (nSPS) is 11.1. The van der Waals surface area contributed by atoms with Gasteiger partial charge in [-0.15, -0.1) is 11.3 Å². The highest BCUT2D eigenvalue weighted by Gasteiger charge is 2.15. The minimum atomic E-state index is -0.343. The number of hydrogen-bond donors (Lipinski definition) is 1. The van der Waals surface area contributed by atoms with Gasteiger partial charge in [-0.2, -0.15) is 5.10 Å². The van der Waals surface area contributed by atoms with E-state index in [0.29, 0.717) is 5.56 Å². The van der Waals surface area contributed by atoms with Gasteiger partial charge < -0.3 is 4.74 Å². The Labute approximate surface area is 130 Å². The molecule has 22 heavy (non-hydrogen) atoms. The second-order valence-electron chi connectivity index (χ2n) is 4.97. The van der Waals surface area contributed by atoms with Gasteiger partial charge in [-0.3, -0.25) is 5.10 Å². The Kier molecular flexibility index (Phi) is 2.94. The van der Waals surface area contributed by atoms with Crippen LogP contribution in [-0.2, 0) is 4.74 Å². The van der Waals surface area contributed by atoms with Crippen molar-refractivity contribution in [2.45, 2.75) is 0 Å². The molecule has 0 aliphatic rings. The predicted molar refractivity (Wildman–Crippen MR) is 88.3 cm³/mol. The van der Waals surface area contributed by atoms with Gasteiger partial charge in [0.1, 0.15) is 5.69 Å². The van der Waals surface area contributed by atoms with Crippen molar-refractivity contribution in [3.8, 4) is 11.3 Å². The molecule has 0 radical (unpaired) electrons. The number of nitrogens with zero attached hydrogens (tertiary/aromatic N) is 1. The van der Waals surface area contributed by atoms with Crippen molar-refractivity contribution in [3.63, 3.8) is 0 Å². The fourth-order valence-electron chi connectivity index (χ4n) is 2.63. The number of aromatic amines is 1. The molecule has 0 fully saturated rings. The zero-order valence-corrected chi connectivity index (χ0v) is 12.6. The Balaban J connectivity index is 1.96. The Morgan fingerprint density at radius 2 is 2.05 bits per heavy atom. The summed E-state index contributed by atoms with van der Waals surface area (Å²) in [6.07, 6.45) is 0. The number of carbonyl (C=O) groups is 1. The van der Waals surface area contributed by atoms with E-state index in [1.54, 1.807) is 17.4 Å². The average molecular weight is 308 g/mol. The minimum Gasteiger partial charge on any atom is -0.465 e. The maximum atomic E-state index is 11.7. The van der Waals surface area contributed by atoms with Crippen molar-refractivity contribution in [3.05, 3.63) is 53.4 Å². The number of fused-ring (bicyclic) bond motifs is 2. The van der Waals surface area contributed by atoms with Crippen LogP contribution in [0.4, 0.5) is 0 Å². The van der Waals surface area contributed by atoms with Gasteiger partial charge in [-0.1, -0.05) is 18.2 Å². The molecule has 0 saturated carbocycles. The standard InChI is InChI=1S/C17H12N2O2S/c1-21-17(20)10-6-7-14-12(8-10)16(19-18-14)13-9-22-15-5-3-2-4-11(13)15/h2-9H,1H3,(H,18,19). The second kappa shape index (κ2) is 4.96. The van der Waals surface area contributed by atoms with Crippen molar-refractivity contribution < 1.29 is 9.53 Å².